The molecule has 2 heterocycles. The number of unbranched alkanes of at least 4 members (excludes halogenated alkanes) is 2. The second-order valence-electron chi connectivity index (χ2n) is 9.21. The van der Waals surface area contributed by atoms with Crippen molar-refractivity contribution in [2.24, 2.45) is 0 Å². The molecule has 1 unspecified atom stereocenters. The molecule has 4 rings (SSSR count). The van der Waals surface area contributed by atoms with Gasteiger partial charge >= 0.3 is 0 Å². The number of aliphatic hydroxyl groups is 1. The molecule has 1 N–H and O–H groups in total. The van der Waals surface area contributed by atoms with Crippen molar-refractivity contribution >= 4 is 17.4 Å². The molecule has 0 bridgehead atoms. The first kappa shape index (κ1) is 27.0. The van der Waals surface area contributed by atoms with Gasteiger partial charge in [0.05, 0.1) is 31.2 Å². The zero-order valence-corrected chi connectivity index (χ0v) is 22.0. The van der Waals surface area contributed by atoms with Crippen LogP contribution in [0.3, 0.4) is 0 Å². The first-order valence-corrected chi connectivity index (χ1v) is 13.2. The lowest BCUT2D eigenvalue weighted by Crippen LogP contribution is -2.31. The maximum Gasteiger partial charge on any atom is 0.295 e. The molecule has 1 atom stereocenters. The van der Waals surface area contributed by atoms with Crippen LogP contribution >= 0.6 is 0 Å². The normalized spacial score (nSPS) is 16.7. The highest BCUT2D eigenvalue weighted by molar-refractivity contribution is 6.46. The molecule has 1 aromatic heterocycles. The minimum absolute atomic E-state index is 0.0721. The van der Waals surface area contributed by atoms with Gasteiger partial charge in [0.2, 0.25) is 0 Å². The standard InChI is InChI=1S/C30H35N3O5/c1-3-5-9-19-38-24-14-13-23(20-25(24)37-4-2)27-26(28(34)22-11-7-6-8-12-22)29(35)30(36)33(27)17-10-16-32-18-15-31-21-32/h6-8,11-15,18,20-21,27,34H,3-5,9-10,16-17,19H2,1-2H3. The monoisotopic (exact) mass is 517 g/mol. The van der Waals surface area contributed by atoms with Crippen molar-refractivity contribution in [1.82, 2.24) is 14.5 Å². The van der Waals surface area contributed by atoms with E-state index in [-0.39, 0.29) is 11.3 Å². The van der Waals surface area contributed by atoms with Crippen molar-refractivity contribution in [1.29, 1.82) is 0 Å². The van der Waals surface area contributed by atoms with E-state index in [1.807, 2.05) is 42.0 Å². The highest BCUT2D eigenvalue weighted by Crippen LogP contribution is 2.42. The molecule has 2 aromatic carbocycles. The van der Waals surface area contributed by atoms with Crippen LogP contribution in [0.2, 0.25) is 0 Å². The van der Waals surface area contributed by atoms with Crippen LogP contribution in [0.4, 0.5) is 0 Å². The predicted octanol–water partition coefficient (Wildman–Crippen LogP) is 5.36. The van der Waals surface area contributed by atoms with E-state index in [0.29, 0.717) is 55.4 Å². The summed E-state index contributed by atoms with van der Waals surface area (Å²) in [6.07, 6.45) is 9.01. The summed E-state index contributed by atoms with van der Waals surface area (Å²) in [4.78, 5) is 32.2. The number of carbonyl (C=O) groups is 2. The molecule has 1 saturated heterocycles. The number of hydrogen-bond acceptors (Lipinski definition) is 6. The highest BCUT2D eigenvalue weighted by atomic mass is 16.5. The fraction of sp³-hybridized carbons (Fsp3) is 0.367. The van der Waals surface area contributed by atoms with Crippen LogP contribution < -0.4 is 9.47 Å². The second-order valence-corrected chi connectivity index (χ2v) is 9.21. The van der Waals surface area contributed by atoms with Gasteiger partial charge in [0, 0.05) is 31.0 Å². The molecule has 0 saturated carbocycles. The largest absolute Gasteiger partial charge is 0.507 e. The fourth-order valence-electron chi connectivity index (χ4n) is 4.67. The minimum Gasteiger partial charge on any atom is -0.507 e. The van der Waals surface area contributed by atoms with Crippen LogP contribution in [-0.2, 0) is 16.1 Å². The number of hydrogen-bond donors (Lipinski definition) is 1. The van der Waals surface area contributed by atoms with Crippen molar-refractivity contribution < 1.29 is 24.2 Å². The minimum atomic E-state index is -0.758. The zero-order valence-electron chi connectivity index (χ0n) is 22.0. The van der Waals surface area contributed by atoms with Crippen molar-refractivity contribution in [2.75, 3.05) is 19.8 Å². The Morgan fingerprint density at radius 2 is 1.79 bits per heavy atom. The van der Waals surface area contributed by atoms with E-state index >= 15 is 0 Å². The zero-order chi connectivity index (χ0) is 26.9. The topological polar surface area (TPSA) is 93.9 Å². The Morgan fingerprint density at radius 1 is 0.974 bits per heavy atom. The third-order valence-corrected chi connectivity index (χ3v) is 6.55. The summed E-state index contributed by atoms with van der Waals surface area (Å²) in [7, 11) is 0. The number of amides is 1. The number of rotatable bonds is 13. The Kier molecular flexibility index (Phi) is 9.19. The summed E-state index contributed by atoms with van der Waals surface area (Å²) < 4.78 is 13.8. The van der Waals surface area contributed by atoms with Crippen LogP contribution in [0, 0.1) is 0 Å². The molecule has 8 heteroatoms. The SMILES string of the molecule is CCCCCOc1ccc(C2C(=C(O)c3ccccc3)C(=O)C(=O)N2CCCn2ccnc2)cc1OCC. The molecule has 8 nitrogen and oxygen atoms in total. The number of nitrogens with zero attached hydrogens (tertiary/aromatic N) is 3. The van der Waals surface area contributed by atoms with Crippen molar-refractivity contribution in [3.63, 3.8) is 0 Å². The third kappa shape index (κ3) is 6.07. The van der Waals surface area contributed by atoms with Gasteiger partial charge in [0.25, 0.3) is 11.7 Å². The number of carbonyl (C=O) groups excluding carboxylic acids is 2. The Balaban J connectivity index is 1.71. The molecule has 0 spiro atoms. The van der Waals surface area contributed by atoms with Crippen molar-refractivity contribution in [2.45, 2.75) is 52.1 Å². The Hall–Kier alpha value is -4.07. The molecule has 1 aliphatic rings. The number of imidazole rings is 1. The first-order valence-electron chi connectivity index (χ1n) is 13.2. The Morgan fingerprint density at radius 3 is 2.50 bits per heavy atom. The van der Waals surface area contributed by atoms with Crippen LogP contribution in [0.5, 0.6) is 11.5 Å². The van der Waals surface area contributed by atoms with Gasteiger partial charge in [0.15, 0.2) is 11.5 Å². The lowest BCUT2D eigenvalue weighted by molar-refractivity contribution is -0.139. The van der Waals surface area contributed by atoms with E-state index in [0.717, 1.165) is 19.3 Å². The summed E-state index contributed by atoms with van der Waals surface area (Å²) in [6.45, 7) is 6.02. The molecule has 1 fully saturated rings. The number of aliphatic hydroxyl groups excluding tert-OH is 1. The number of aromatic nitrogens is 2. The van der Waals surface area contributed by atoms with E-state index in [9.17, 15) is 14.7 Å². The molecule has 0 aliphatic carbocycles. The van der Waals surface area contributed by atoms with Gasteiger partial charge in [-0.3, -0.25) is 9.59 Å². The molecule has 200 valence electrons. The lowest BCUT2D eigenvalue weighted by Gasteiger charge is -2.26. The van der Waals surface area contributed by atoms with E-state index in [2.05, 4.69) is 11.9 Å². The number of aryl methyl sites for hydroxylation is 1. The van der Waals surface area contributed by atoms with E-state index in [1.54, 1.807) is 41.7 Å². The van der Waals surface area contributed by atoms with E-state index in [4.69, 9.17) is 9.47 Å². The van der Waals surface area contributed by atoms with E-state index in [1.165, 1.54) is 0 Å². The van der Waals surface area contributed by atoms with Crippen molar-refractivity contribution in [3.05, 3.63) is 84.0 Å². The fourth-order valence-corrected chi connectivity index (χ4v) is 4.67. The Labute approximate surface area is 223 Å². The van der Waals surface area contributed by atoms with Gasteiger partial charge in [-0.05, 0) is 37.5 Å². The Bertz CT molecular complexity index is 1250. The number of ketones is 1. The smallest absolute Gasteiger partial charge is 0.295 e. The summed E-state index contributed by atoms with van der Waals surface area (Å²) in [6, 6.07) is 13.6. The highest BCUT2D eigenvalue weighted by Gasteiger charge is 2.46. The first-order chi connectivity index (χ1) is 18.5. The number of benzene rings is 2. The predicted molar refractivity (Wildman–Crippen MR) is 145 cm³/mol. The van der Waals surface area contributed by atoms with Gasteiger partial charge in [-0.25, -0.2) is 4.98 Å². The average molecular weight is 518 g/mol. The lowest BCUT2D eigenvalue weighted by atomic mass is 9.95. The maximum absolute atomic E-state index is 13.3. The average Bonchev–Trinajstić information content (AvgIpc) is 3.54. The summed E-state index contributed by atoms with van der Waals surface area (Å²) in [5, 5.41) is 11.2. The number of ether oxygens (including phenoxy) is 2. The molecule has 1 aliphatic heterocycles. The molecule has 38 heavy (non-hydrogen) atoms. The number of Topliss-reactive ketones (excluding diaryl/α,β-unsaturated/α-hetero) is 1. The van der Waals surface area contributed by atoms with E-state index < -0.39 is 17.7 Å². The molecule has 1 amide bonds. The molecular formula is C30H35N3O5. The maximum atomic E-state index is 13.3. The third-order valence-electron chi connectivity index (χ3n) is 6.55. The second kappa shape index (κ2) is 12.9. The summed E-state index contributed by atoms with van der Waals surface area (Å²) >= 11 is 0. The van der Waals surface area contributed by atoms with Gasteiger partial charge in [-0.2, -0.15) is 0 Å². The molecule has 3 aromatic rings. The van der Waals surface area contributed by atoms with Crippen LogP contribution in [0.15, 0.2) is 72.8 Å². The molecular weight excluding hydrogens is 482 g/mol. The summed E-state index contributed by atoms with van der Waals surface area (Å²) in [5.74, 6) is -0.353. The van der Waals surface area contributed by atoms with Crippen LogP contribution in [0.25, 0.3) is 5.76 Å². The van der Waals surface area contributed by atoms with Crippen molar-refractivity contribution in [3.8, 4) is 11.5 Å². The quantitative estimate of drug-likeness (QED) is 0.142. The van der Waals surface area contributed by atoms with Gasteiger partial charge in [-0.1, -0.05) is 56.2 Å². The van der Waals surface area contributed by atoms with Gasteiger partial charge in [0.1, 0.15) is 5.76 Å². The summed E-state index contributed by atoms with van der Waals surface area (Å²) in [5.41, 5.74) is 1.23. The molecule has 0 radical (unpaired) electrons. The van der Waals surface area contributed by atoms with Gasteiger partial charge < -0.3 is 24.0 Å². The van der Waals surface area contributed by atoms with Crippen LogP contribution in [-0.4, -0.2) is 51.0 Å². The van der Waals surface area contributed by atoms with Gasteiger partial charge in [-0.15, -0.1) is 0 Å². The number of likely N-dealkylation sites (tertiary alicyclic amines) is 1. The van der Waals surface area contributed by atoms with Crippen LogP contribution in [0.1, 0.15) is 56.7 Å².